The maximum Gasteiger partial charge on any atom is 0.349 e. The van der Waals surface area contributed by atoms with E-state index in [2.05, 4.69) is 15.9 Å². The molecule has 5 heteroatoms. The topological polar surface area (TPSA) is 35.5 Å². The van der Waals surface area contributed by atoms with Gasteiger partial charge in [0.25, 0.3) is 0 Å². The average Bonchev–Trinajstić information content (AvgIpc) is 2.43. The summed E-state index contributed by atoms with van der Waals surface area (Å²) < 4.78 is 11.5. The molecule has 2 aromatic rings. The predicted molar refractivity (Wildman–Crippen MR) is 81.5 cm³/mol. The first-order valence-corrected chi connectivity index (χ1v) is 7.07. The fraction of sp³-hybridized carbons (Fsp3) is 0.133. The van der Waals surface area contributed by atoms with Crippen LogP contribution in [0.3, 0.4) is 0 Å². The average molecular weight is 356 g/mol. The molecule has 0 atom stereocenters. The van der Waals surface area contributed by atoms with Gasteiger partial charge in [0.1, 0.15) is 11.5 Å². The van der Waals surface area contributed by atoms with Crippen LogP contribution in [0.1, 0.15) is 5.56 Å². The van der Waals surface area contributed by atoms with Crippen molar-refractivity contribution in [3.63, 3.8) is 0 Å². The Kier molecular flexibility index (Phi) is 5.04. The van der Waals surface area contributed by atoms with Crippen molar-refractivity contribution >= 4 is 33.5 Å². The summed E-state index contributed by atoms with van der Waals surface area (Å²) in [4.78, 5) is 11.7. The van der Waals surface area contributed by atoms with Gasteiger partial charge in [-0.15, -0.1) is 0 Å². The van der Waals surface area contributed by atoms with Crippen molar-refractivity contribution in [3.05, 3.63) is 57.5 Å². The molecule has 3 nitrogen and oxygen atoms in total. The first-order valence-electron chi connectivity index (χ1n) is 5.90. The van der Waals surface area contributed by atoms with E-state index in [4.69, 9.17) is 21.1 Å². The second-order valence-corrected chi connectivity index (χ2v) is 5.37. The van der Waals surface area contributed by atoms with Crippen molar-refractivity contribution in [2.24, 2.45) is 0 Å². The fourth-order valence-corrected chi connectivity index (χ4v) is 1.95. The molecule has 0 radical (unpaired) electrons. The number of carbonyl (C=O) groups is 1. The maximum atomic E-state index is 11.7. The number of rotatable bonds is 4. The molecule has 2 aromatic carbocycles. The van der Waals surface area contributed by atoms with Gasteiger partial charge in [-0.3, -0.25) is 0 Å². The molecule has 2 rings (SSSR count). The third kappa shape index (κ3) is 3.99. The summed E-state index contributed by atoms with van der Waals surface area (Å²) >= 11 is 9.30. The van der Waals surface area contributed by atoms with Crippen molar-refractivity contribution in [2.45, 2.75) is 6.92 Å². The van der Waals surface area contributed by atoms with Gasteiger partial charge in [-0.1, -0.05) is 39.7 Å². The molecule has 0 fully saturated rings. The molecule has 0 saturated carbocycles. The number of benzene rings is 2. The lowest BCUT2D eigenvalue weighted by molar-refractivity contribution is -0.136. The molecule has 0 unspecified atom stereocenters. The summed E-state index contributed by atoms with van der Waals surface area (Å²) in [5.41, 5.74) is 1.03. The lowest BCUT2D eigenvalue weighted by Crippen LogP contribution is -2.17. The molecule has 0 aromatic heterocycles. The van der Waals surface area contributed by atoms with Gasteiger partial charge >= 0.3 is 5.97 Å². The van der Waals surface area contributed by atoms with Crippen molar-refractivity contribution in [2.75, 3.05) is 6.61 Å². The summed E-state index contributed by atoms with van der Waals surface area (Å²) in [5, 5.41) is 0.389. The number of esters is 1. The first-order chi connectivity index (χ1) is 9.56. The standard InChI is InChI=1S/C15H12BrClO3/c1-10-8-11(6-7-12(10)16)19-9-15(18)20-14-5-3-2-4-13(14)17/h2-8H,9H2,1H3. The molecule has 0 amide bonds. The van der Waals surface area contributed by atoms with Crippen LogP contribution in [-0.4, -0.2) is 12.6 Å². The molecular formula is C15H12BrClO3. The number of aryl methyl sites for hydroxylation is 1. The highest BCUT2D eigenvalue weighted by atomic mass is 79.9. The molecule has 0 bridgehead atoms. The Morgan fingerprint density at radius 2 is 2.00 bits per heavy atom. The fourth-order valence-electron chi connectivity index (χ4n) is 1.53. The SMILES string of the molecule is Cc1cc(OCC(=O)Oc2ccccc2Cl)ccc1Br. The van der Waals surface area contributed by atoms with Gasteiger partial charge in [0.2, 0.25) is 0 Å². The number of para-hydroxylation sites is 1. The molecule has 0 saturated heterocycles. The van der Waals surface area contributed by atoms with Crippen LogP contribution in [0, 0.1) is 6.92 Å². The smallest absolute Gasteiger partial charge is 0.349 e. The van der Waals surface area contributed by atoms with Crippen LogP contribution in [0.25, 0.3) is 0 Å². The van der Waals surface area contributed by atoms with Gasteiger partial charge in [-0.25, -0.2) is 4.79 Å². The second kappa shape index (κ2) is 6.77. The monoisotopic (exact) mass is 354 g/mol. The Balaban J connectivity index is 1.92. The highest BCUT2D eigenvalue weighted by molar-refractivity contribution is 9.10. The van der Waals surface area contributed by atoms with Crippen molar-refractivity contribution in [3.8, 4) is 11.5 Å². The van der Waals surface area contributed by atoms with Crippen molar-refractivity contribution < 1.29 is 14.3 Å². The summed E-state index contributed by atoms with van der Waals surface area (Å²) in [5.74, 6) is 0.440. The van der Waals surface area contributed by atoms with E-state index < -0.39 is 5.97 Å². The molecule has 0 aliphatic heterocycles. The number of hydrogen-bond donors (Lipinski definition) is 0. The Labute approximate surface area is 130 Å². The molecule has 0 spiro atoms. The third-order valence-electron chi connectivity index (χ3n) is 2.55. The number of hydrogen-bond acceptors (Lipinski definition) is 3. The summed E-state index contributed by atoms with van der Waals surface area (Å²) in [7, 11) is 0. The minimum absolute atomic E-state index is 0.174. The zero-order valence-electron chi connectivity index (χ0n) is 10.7. The summed E-state index contributed by atoms with van der Waals surface area (Å²) in [6.07, 6.45) is 0. The summed E-state index contributed by atoms with van der Waals surface area (Å²) in [6, 6.07) is 12.3. The van der Waals surface area contributed by atoms with E-state index in [1.807, 2.05) is 19.1 Å². The van der Waals surface area contributed by atoms with E-state index in [0.29, 0.717) is 16.5 Å². The normalized spacial score (nSPS) is 10.2. The van der Waals surface area contributed by atoms with Crippen molar-refractivity contribution in [1.29, 1.82) is 0 Å². The first kappa shape index (κ1) is 14.9. The van der Waals surface area contributed by atoms with Gasteiger partial charge in [-0.2, -0.15) is 0 Å². The molecule has 0 heterocycles. The number of ether oxygens (including phenoxy) is 2. The van der Waals surface area contributed by atoms with E-state index in [1.54, 1.807) is 30.3 Å². The van der Waals surface area contributed by atoms with E-state index >= 15 is 0 Å². The van der Waals surface area contributed by atoms with Gasteiger partial charge in [0, 0.05) is 4.47 Å². The van der Waals surface area contributed by atoms with E-state index in [-0.39, 0.29) is 6.61 Å². The van der Waals surface area contributed by atoms with Crippen LogP contribution in [0.15, 0.2) is 46.9 Å². The van der Waals surface area contributed by atoms with E-state index in [0.717, 1.165) is 10.0 Å². The highest BCUT2D eigenvalue weighted by Crippen LogP contribution is 2.24. The van der Waals surface area contributed by atoms with Gasteiger partial charge in [-0.05, 0) is 42.8 Å². The minimum atomic E-state index is -0.501. The number of halogens is 2. The van der Waals surface area contributed by atoms with Crippen molar-refractivity contribution in [1.82, 2.24) is 0 Å². The summed E-state index contributed by atoms with van der Waals surface area (Å²) in [6.45, 7) is 1.77. The zero-order chi connectivity index (χ0) is 14.5. The van der Waals surface area contributed by atoms with Crippen LogP contribution < -0.4 is 9.47 Å². The van der Waals surface area contributed by atoms with E-state index in [1.165, 1.54) is 0 Å². The largest absolute Gasteiger partial charge is 0.482 e. The van der Waals surface area contributed by atoms with E-state index in [9.17, 15) is 4.79 Å². The highest BCUT2D eigenvalue weighted by Gasteiger charge is 2.09. The predicted octanol–water partition coefficient (Wildman–Crippen LogP) is 4.40. The third-order valence-corrected chi connectivity index (χ3v) is 3.75. The molecule has 20 heavy (non-hydrogen) atoms. The molecule has 0 aliphatic carbocycles. The quantitative estimate of drug-likeness (QED) is 0.602. The molecule has 0 aliphatic rings. The van der Waals surface area contributed by atoms with Gasteiger partial charge in [0.15, 0.2) is 6.61 Å². The molecule has 104 valence electrons. The number of carbonyl (C=O) groups excluding carboxylic acids is 1. The Morgan fingerprint density at radius 1 is 1.25 bits per heavy atom. The van der Waals surface area contributed by atoms with Gasteiger partial charge < -0.3 is 9.47 Å². The lowest BCUT2D eigenvalue weighted by atomic mass is 10.2. The van der Waals surface area contributed by atoms with Gasteiger partial charge in [0.05, 0.1) is 5.02 Å². The van der Waals surface area contributed by atoms with Crippen LogP contribution in [-0.2, 0) is 4.79 Å². The Bertz CT molecular complexity index is 628. The van der Waals surface area contributed by atoms with Crippen LogP contribution >= 0.6 is 27.5 Å². The zero-order valence-corrected chi connectivity index (χ0v) is 13.1. The van der Waals surface area contributed by atoms with Crippen LogP contribution in [0.4, 0.5) is 0 Å². The van der Waals surface area contributed by atoms with Crippen LogP contribution in [0.5, 0.6) is 11.5 Å². The Morgan fingerprint density at radius 3 is 2.70 bits per heavy atom. The second-order valence-electron chi connectivity index (χ2n) is 4.10. The Hall–Kier alpha value is -1.52. The maximum absolute atomic E-state index is 11.7. The minimum Gasteiger partial charge on any atom is -0.482 e. The van der Waals surface area contributed by atoms with Crippen LogP contribution in [0.2, 0.25) is 5.02 Å². The lowest BCUT2D eigenvalue weighted by Gasteiger charge is -2.08. The molecule has 0 N–H and O–H groups in total. The molecular weight excluding hydrogens is 344 g/mol.